The Labute approximate surface area is 81.3 Å². The van der Waals surface area contributed by atoms with Crippen LogP contribution in [0.4, 0.5) is 0 Å². The van der Waals surface area contributed by atoms with Gasteiger partial charge in [0.15, 0.2) is 0 Å². The van der Waals surface area contributed by atoms with Crippen LogP contribution in [0.1, 0.15) is 45.4 Å². The Bertz CT molecular complexity index is 137. The zero-order valence-electron chi connectivity index (χ0n) is 8.88. The minimum Gasteiger partial charge on any atom is -0.390 e. The standard InChI is InChI=1S/C11H22O2/c1-11(12,7-8-13-2)9-10-5-3-4-6-10/h10,12H,3-9H2,1-2H3. The van der Waals surface area contributed by atoms with Crippen molar-refractivity contribution in [1.82, 2.24) is 0 Å². The van der Waals surface area contributed by atoms with Gasteiger partial charge in [0.2, 0.25) is 0 Å². The number of aliphatic hydroxyl groups is 1. The smallest absolute Gasteiger partial charge is 0.0644 e. The highest BCUT2D eigenvalue weighted by molar-refractivity contribution is 4.79. The van der Waals surface area contributed by atoms with Gasteiger partial charge in [-0.3, -0.25) is 0 Å². The van der Waals surface area contributed by atoms with Crippen LogP contribution >= 0.6 is 0 Å². The number of hydrogen-bond donors (Lipinski definition) is 1. The van der Waals surface area contributed by atoms with E-state index in [-0.39, 0.29) is 0 Å². The van der Waals surface area contributed by atoms with Crippen molar-refractivity contribution in [3.63, 3.8) is 0 Å². The summed E-state index contributed by atoms with van der Waals surface area (Å²) < 4.78 is 4.98. The molecule has 0 amide bonds. The van der Waals surface area contributed by atoms with Crippen molar-refractivity contribution < 1.29 is 9.84 Å². The Hall–Kier alpha value is -0.0800. The van der Waals surface area contributed by atoms with Gasteiger partial charge in [0.05, 0.1) is 5.60 Å². The lowest BCUT2D eigenvalue weighted by Gasteiger charge is -2.26. The molecule has 0 aliphatic heterocycles. The van der Waals surface area contributed by atoms with Gasteiger partial charge in [-0.15, -0.1) is 0 Å². The first-order valence-corrected chi connectivity index (χ1v) is 5.35. The van der Waals surface area contributed by atoms with E-state index < -0.39 is 5.60 Å². The number of methoxy groups -OCH3 is 1. The third-order valence-corrected chi connectivity index (χ3v) is 3.05. The first kappa shape index (κ1) is 11.0. The SMILES string of the molecule is COCCC(C)(O)CC1CCCC1. The summed E-state index contributed by atoms with van der Waals surface area (Å²) >= 11 is 0. The van der Waals surface area contributed by atoms with E-state index in [2.05, 4.69) is 0 Å². The third-order valence-electron chi connectivity index (χ3n) is 3.05. The lowest BCUT2D eigenvalue weighted by Crippen LogP contribution is -2.28. The van der Waals surface area contributed by atoms with Crippen LogP contribution in [0.25, 0.3) is 0 Å². The Morgan fingerprint density at radius 3 is 2.54 bits per heavy atom. The first-order chi connectivity index (χ1) is 6.14. The van der Waals surface area contributed by atoms with Gasteiger partial charge in [0.1, 0.15) is 0 Å². The van der Waals surface area contributed by atoms with E-state index in [0.717, 1.165) is 18.8 Å². The lowest BCUT2D eigenvalue weighted by molar-refractivity contribution is 0.00459. The van der Waals surface area contributed by atoms with E-state index in [1.807, 2.05) is 6.92 Å². The van der Waals surface area contributed by atoms with Crippen molar-refractivity contribution in [3.05, 3.63) is 0 Å². The summed E-state index contributed by atoms with van der Waals surface area (Å²) in [5.41, 5.74) is -0.509. The number of hydrogen-bond acceptors (Lipinski definition) is 2. The van der Waals surface area contributed by atoms with Gasteiger partial charge >= 0.3 is 0 Å². The van der Waals surface area contributed by atoms with Crippen molar-refractivity contribution >= 4 is 0 Å². The molecule has 1 aliphatic rings. The van der Waals surface area contributed by atoms with E-state index in [0.29, 0.717) is 6.61 Å². The zero-order chi connectivity index (χ0) is 9.73. The summed E-state index contributed by atoms with van der Waals surface area (Å²) in [5, 5.41) is 10.0. The van der Waals surface area contributed by atoms with Crippen molar-refractivity contribution in [3.8, 4) is 0 Å². The lowest BCUT2D eigenvalue weighted by atomic mass is 9.89. The number of rotatable bonds is 5. The summed E-state index contributed by atoms with van der Waals surface area (Å²) in [5.74, 6) is 0.756. The van der Waals surface area contributed by atoms with Gasteiger partial charge in [-0.25, -0.2) is 0 Å². The van der Waals surface area contributed by atoms with Crippen LogP contribution in [0.15, 0.2) is 0 Å². The summed E-state index contributed by atoms with van der Waals surface area (Å²) in [6, 6.07) is 0. The van der Waals surface area contributed by atoms with E-state index in [4.69, 9.17) is 4.74 Å². The Kier molecular flexibility index (Phi) is 4.20. The molecule has 1 fully saturated rings. The van der Waals surface area contributed by atoms with Crippen molar-refractivity contribution in [2.45, 2.75) is 51.0 Å². The second-order valence-corrected chi connectivity index (χ2v) is 4.59. The molecule has 0 aromatic rings. The molecule has 78 valence electrons. The summed E-state index contributed by atoms with van der Waals surface area (Å²) in [4.78, 5) is 0. The molecule has 1 saturated carbocycles. The maximum Gasteiger partial charge on any atom is 0.0644 e. The molecule has 1 aliphatic carbocycles. The van der Waals surface area contributed by atoms with E-state index in [1.165, 1.54) is 25.7 Å². The molecular weight excluding hydrogens is 164 g/mol. The van der Waals surface area contributed by atoms with E-state index >= 15 is 0 Å². The predicted molar refractivity (Wildman–Crippen MR) is 53.7 cm³/mol. The molecule has 1 unspecified atom stereocenters. The molecule has 0 bridgehead atoms. The quantitative estimate of drug-likeness (QED) is 0.714. The monoisotopic (exact) mass is 186 g/mol. The molecule has 0 aromatic carbocycles. The minimum atomic E-state index is -0.509. The highest BCUT2D eigenvalue weighted by atomic mass is 16.5. The minimum absolute atomic E-state index is 0.509. The van der Waals surface area contributed by atoms with Crippen LogP contribution < -0.4 is 0 Å². The Morgan fingerprint density at radius 2 is 2.00 bits per heavy atom. The summed E-state index contributed by atoms with van der Waals surface area (Å²) in [6.07, 6.45) is 7.04. The van der Waals surface area contributed by atoms with Crippen LogP contribution in [-0.4, -0.2) is 24.4 Å². The zero-order valence-corrected chi connectivity index (χ0v) is 8.88. The highest BCUT2D eigenvalue weighted by Crippen LogP contribution is 2.32. The highest BCUT2D eigenvalue weighted by Gasteiger charge is 2.26. The van der Waals surface area contributed by atoms with Crippen LogP contribution in [0.2, 0.25) is 0 Å². The van der Waals surface area contributed by atoms with Gasteiger partial charge in [-0.2, -0.15) is 0 Å². The topological polar surface area (TPSA) is 29.5 Å². The van der Waals surface area contributed by atoms with Crippen molar-refractivity contribution in [1.29, 1.82) is 0 Å². The second-order valence-electron chi connectivity index (χ2n) is 4.59. The molecule has 1 N–H and O–H groups in total. The normalized spacial score (nSPS) is 23.3. The fourth-order valence-corrected chi connectivity index (χ4v) is 2.26. The third kappa shape index (κ3) is 4.10. The molecule has 0 spiro atoms. The van der Waals surface area contributed by atoms with Crippen molar-refractivity contribution in [2.24, 2.45) is 5.92 Å². The van der Waals surface area contributed by atoms with E-state index in [9.17, 15) is 5.11 Å². The maximum absolute atomic E-state index is 10.0. The Morgan fingerprint density at radius 1 is 1.38 bits per heavy atom. The molecule has 2 heteroatoms. The predicted octanol–water partition coefficient (Wildman–Crippen LogP) is 2.35. The van der Waals surface area contributed by atoms with E-state index in [1.54, 1.807) is 7.11 Å². The molecular formula is C11H22O2. The fourth-order valence-electron chi connectivity index (χ4n) is 2.26. The Balaban J connectivity index is 2.23. The average Bonchev–Trinajstić information content (AvgIpc) is 2.52. The van der Waals surface area contributed by atoms with Gasteiger partial charge in [0, 0.05) is 13.7 Å². The fraction of sp³-hybridized carbons (Fsp3) is 1.00. The number of ether oxygens (including phenoxy) is 1. The largest absolute Gasteiger partial charge is 0.390 e. The molecule has 1 atom stereocenters. The molecule has 0 radical (unpaired) electrons. The van der Waals surface area contributed by atoms with Crippen LogP contribution in [0.3, 0.4) is 0 Å². The van der Waals surface area contributed by atoms with Gasteiger partial charge < -0.3 is 9.84 Å². The van der Waals surface area contributed by atoms with Crippen molar-refractivity contribution in [2.75, 3.05) is 13.7 Å². The second kappa shape index (κ2) is 4.97. The summed E-state index contributed by atoms with van der Waals surface area (Å²) in [6.45, 7) is 2.60. The maximum atomic E-state index is 10.0. The molecule has 2 nitrogen and oxygen atoms in total. The molecule has 13 heavy (non-hydrogen) atoms. The molecule has 0 heterocycles. The molecule has 0 aromatic heterocycles. The summed E-state index contributed by atoms with van der Waals surface area (Å²) in [7, 11) is 1.69. The van der Waals surface area contributed by atoms with Crippen LogP contribution in [-0.2, 0) is 4.74 Å². The average molecular weight is 186 g/mol. The molecule has 0 saturated heterocycles. The first-order valence-electron chi connectivity index (χ1n) is 5.35. The van der Waals surface area contributed by atoms with Gasteiger partial charge in [-0.05, 0) is 25.7 Å². The molecule has 1 rings (SSSR count). The van der Waals surface area contributed by atoms with Gasteiger partial charge in [-0.1, -0.05) is 25.7 Å². The van der Waals surface area contributed by atoms with Crippen LogP contribution in [0.5, 0.6) is 0 Å². The van der Waals surface area contributed by atoms with Crippen LogP contribution in [0, 0.1) is 5.92 Å². The van der Waals surface area contributed by atoms with Gasteiger partial charge in [0.25, 0.3) is 0 Å².